The van der Waals surface area contributed by atoms with Gasteiger partial charge in [0.25, 0.3) is 0 Å². The first-order valence-electron chi connectivity index (χ1n) is 5.61. The summed E-state index contributed by atoms with van der Waals surface area (Å²) in [5.74, 6) is -0.632. The molecule has 1 saturated carbocycles. The second-order valence-corrected chi connectivity index (χ2v) is 7.35. The Hall–Kier alpha value is -0.880. The van der Waals surface area contributed by atoms with Gasteiger partial charge in [-0.25, -0.2) is 8.42 Å². The predicted molar refractivity (Wildman–Crippen MR) is 69.9 cm³/mol. The third-order valence-electron chi connectivity index (χ3n) is 2.99. The molecule has 0 N–H and O–H groups in total. The van der Waals surface area contributed by atoms with Crippen LogP contribution in [-0.4, -0.2) is 25.7 Å². The van der Waals surface area contributed by atoms with E-state index in [1.54, 1.807) is 19.1 Å². The molecule has 0 saturated heterocycles. The van der Waals surface area contributed by atoms with Gasteiger partial charge in [-0.3, -0.25) is 4.79 Å². The van der Waals surface area contributed by atoms with Gasteiger partial charge < -0.3 is 4.74 Å². The second-order valence-electron chi connectivity index (χ2n) is 4.17. The van der Waals surface area contributed by atoms with Crippen LogP contribution >= 0.6 is 15.9 Å². The summed E-state index contributed by atoms with van der Waals surface area (Å²) in [5.41, 5.74) is 0. The zero-order valence-electron chi connectivity index (χ0n) is 9.85. The summed E-state index contributed by atoms with van der Waals surface area (Å²) < 4.78 is 29.2. The van der Waals surface area contributed by atoms with E-state index in [2.05, 4.69) is 15.9 Å². The van der Waals surface area contributed by atoms with Crippen LogP contribution in [-0.2, 0) is 19.4 Å². The smallest absolute Gasteiger partial charge is 0.327 e. The van der Waals surface area contributed by atoms with Crippen molar-refractivity contribution in [2.24, 2.45) is 0 Å². The first-order valence-corrected chi connectivity index (χ1v) is 7.89. The average molecular weight is 333 g/mol. The summed E-state index contributed by atoms with van der Waals surface area (Å²) in [6.45, 7) is 1.86. The lowest BCUT2D eigenvalue weighted by molar-refractivity contribution is -0.143. The van der Waals surface area contributed by atoms with Crippen molar-refractivity contribution in [3.05, 3.63) is 28.7 Å². The number of carbonyl (C=O) groups excluding carboxylic acids is 1. The summed E-state index contributed by atoms with van der Waals surface area (Å²) in [6.07, 6.45) is 0.675. The van der Waals surface area contributed by atoms with E-state index in [0.29, 0.717) is 12.8 Å². The lowest BCUT2D eigenvalue weighted by Crippen LogP contribution is -2.34. The lowest BCUT2D eigenvalue weighted by atomic mass is 10.4. The van der Waals surface area contributed by atoms with E-state index in [4.69, 9.17) is 4.74 Å². The molecule has 1 aromatic carbocycles. The SMILES string of the molecule is CCOC(=O)C1(S(=O)(=O)c2ccc(Br)cc2)CC1. The average Bonchev–Trinajstić information content (AvgIpc) is 3.11. The van der Waals surface area contributed by atoms with Crippen molar-refractivity contribution in [3.8, 4) is 0 Å². The fourth-order valence-electron chi connectivity index (χ4n) is 1.80. The summed E-state index contributed by atoms with van der Waals surface area (Å²) in [6, 6.07) is 6.29. The van der Waals surface area contributed by atoms with E-state index in [9.17, 15) is 13.2 Å². The molecule has 0 unspecified atom stereocenters. The number of hydrogen-bond donors (Lipinski definition) is 0. The van der Waals surface area contributed by atoms with E-state index >= 15 is 0 Å². The highest BCUT2D eigenvalue weighted by Gasteiger charge is 2.62. The van der Waals surface area contributed by atoms with E-state index in [1.165, 1.54) is 12.1 Å². The largest absolute Gasteiger partial charge is 0.465 e. The molecule has 0 aliphatic heterocycles. The molecule has 1 fully saturated rings. The molecule has 0 spiro atoms. The molecule has 4 nitrogen and oxygen atoms in total. The molecular formula is C12H13BrO4S. The van der Waals surface area contributed by atoms with E-state index in [0.717, 1.165) is 4.47 Å². The molecule has 0 atom stereocenters. The van der Waals surface area contributed by atoms with Crippen LogP contribution in [0.2, 0.25) is 0 Å². The summed E-state index contributed by atoms with van der Waals surface area (Å²) in [7, 11) is -3.66. The van der Waals surface area contributed by atoms with Crippen LogP contribution in [0, 0.1) is 0 Å². The van der Waals surface area contributed by atoms with Crippen LogP contribution in [0.25, 0.3) is 0 Å². The maximum Gasteiger partial charge on any atom is 0.327 e. The Kier molecular flexibility index (Phi) is 3.51. The van der Waals surface area contributed by atoms with Crippen LogP contribution in [0.4, 0.5) is 0 Å². The Bertz CT molecular complexity index is 558. The van der Waals surface area contributed by atoms with Crippen LogP contribution in [0.5, 0.6) is 0 Å². The second kappa shape index (κ2) is 4.66. The van der Waals surface area contributed by atoms with Gasteiger partial charge in [0.2, 0.25) is 0 Å². The number of esters is 1. The van der Waals surface area contributed by atoms with Gasteiger partial charge in [0.05, 0.1) is 11.5 Å². The molecule has 1 aliphatic rings. The van der Waals surface area contributed by atoms with Gasteiger partial charge >= 0.3 is 5.97 Å². The molecular weight excluding hydrogens is 320 g/mol. The van der Waals surface area contributed by atoms with Crippen molar-refractivity contribution < 1.29 is 17.9 Å². The maximum atomic E-state index is 12.4. The zero-order valence-corrected chi connectivity index (χ0v) is 12.3. The first kappa shape index (κ1) is 13.5. The molecule has 0 bridgehead atoms. The zero-order chi connectivity index (χ0) is 13.4. The monoisotopic (exact) mass is 332 g/mol. The van der Waals surface area contributed by atoms with Crippen molar-refractivity contribution in [1.82, 2.24) is 0 Å². The van der Waals surface area contributed by atoms with Gasteiger partial charge in [-0.2, -0.15) is 0 Å². The normalized spacial score (nSPS) is 17.2. The molecule has 0 aromatic heterocycles. The van der Waals surface area contributed by atoms with Crippen LogP contribution in [0.1, 0.15) is 19.8 Å². The third-order valence-corrected chi connectivity index (χ3v) is 6.02. The minimum Gasteiger partial charge on any atom is -0.465 e. The lowest BCUT2D eigenvalue weighted by Gasteiger charge is -2.14. The Balaban J connectivity index is 2.37. The van der Waals surface area contributed by atoms with Crippen molar-refractivity contribution in [3.63, 3.8) is 0 Å². The fraction of sp³-hybridized carbons (Fsp3) is 0.417. The number of benzene rings is 1. The highest BCUT2D eigenvalue weighted by Crippen LogP contribution is 2.47. The molecule has 1 aromatic rings. The Morgan fingerprint density at radius 1 is 1.33 bits per heavy atom. The summed E-state index contributed by atoms with van der Waals surface area (Å²) in [5, 5.41) is 0. The summed E-state index contributed by atoms with van der Waals surface area (Å²) >= 11 is 3.25. The minimum absolute atomic E-state index is 0.163. The van der Waals surface area contributed by atoms with Gasteiger partial charge in [0.1, 0.15) is 0 Å². The van der Waals surface area contributed by atoms with Gasteiger partial charge in [-0.1, -0.05) is 15.9 Å². The molecule has 0 heterocycles. The third kappa shape index (κ3) is 2.07. The molecule has 1 aliphatic carbocycles. The van der Waals surface area contributed by atoms with E-state index < -0.39 is 20.6 Å². The topological polar surface area (TPSA) is 60.4 Å². The molecule has 0 amide bonds. The molecule has 18 heavy (non-hydrogen) atoms. The predicted octanol–water partition coefficient (Wildman–Crippen LogP) is 2.32. The Labute approximate surface area is 114 Å². The number of hydrogen-bond acceptors (Lipinski definition) is 4. The number of ether oxygens (including phenoxy) is 1. The van der Waals surface area contributed by atoms with Crippen LogP contribution < -0.4 is 0 Å². The van der Waals surface area contributed by atoms with E-state index in [1.807, 2.05) is 0 Å². The highest BCUT2D eigenvalue weighted by molar-refractivity contribution is 9.10. The standard InChI is InChI=1S/C12H13BrO4S/c1-2-17-11(14)12(7-8-12)18(15,16)10-5-3-9(13)4-6-10/h3-6H,2,7-8H2,1H3. The molecule has 2 rings (SSSR count). The van der Waals surface area contributed by atoms with Gasteiger partial charge in [-0.15, -0.1) is 0 Å². The van der Waals surface area contributed by atoms with Crippen molar-refractivity contribution in [1.29, 1.82) is 0 Å². The number of rotatable bonds is 4. The van der Waals surface area contributed by atoms with Crippen molar-refractivity contribution in [2.45, 2.75) is 29.4 Å². The summed E-state index contributed by atoms with van der Waals surface area (Å²) in [4.78, 5) is 12.0. The molecule has 6 heteroatoms. The Morgan fingerprint density at radius 2 is 1.89 bits per heavy atom. The fourth-order valence-corrected chi connectivity index (χ4v) is 3.93. The highest BCUT2D eigenvalue weighted by atomic mass is 79.9. The number of sulfone groups is 1. The van der Waals surface area contributed by atoms with Gasteiger partial charge in [-0.05, 0) is 44.0 Å². The first-order chi connectivity index (χ1) is 8.44. The van der Waals surface area contributed by atoms with Crippen molar-refractivity contribution in [2.75, 3.05) is 6.61 Å². The van der Waals surface area contributed by atoms with Gasteiger partial charge in [0, 0.05) is 4.47 Å². The van der Waals surface area contributed by atoms with Crippen LogP contribution in [0.15, 0.2) is 33.6 Å². The molecule has 98 valence electrons. The quantitative estimate of drug-likeness (QED) is 0.794. The van der Waals surface area contributed by atoms with E-state index in [-0.39, 0.29) is 11.5 Å². The minimum atomic E-state index is -3.66. The van der Waals surface area contributed by atoms with Gasteiger partial charge in [0.15, 0.2) is 14.6 Å². The molecule has 0 radical (unpaired) electrons. The Morgan fingerprint density at radius 3 is 2.33 bits per heavy atom. The number of carbonyl (C=O) groups is 1. The number of halogens is 1. The van der Waals surface area contributed by atoms with Crippen LogP contribution in [0.3, 0.4) is 0 Å². The maximum absolute atomic E-state index is 12.4. The van der Waals surface area contributed by atoms with Crippen molar-refractivity contribution >= 4 is 31.7 Å².